The molecule has 3 nitrogen and oxygen atoms in total. The van der Waals surface area contributed by atoms with Crippen LogP contribution in [0.15, 0.2) is 0 Å². The Morgan fingerprint density at radius 2 is 2.00 bits per heavy atom. The summed E-state index contributed by atoms with van der Waals surface area (Å²) in [5.74, 6) is 0.870. The Bertz CT molecular complexity index is 186. The van der Waals surface area contributed by atoms with E-state index < -0.39 is 6.10 Å². The van der Waals surface area contributed by atoms with Crippen molar-refractivity contribution >= 4 is 0 Å². The molecule has 0 spiro atoms. The van der Waals surface area contributed by atoms with Crippen molar-refractivity contribution in [1.82, 2.24) is 4.90 Å². The van der Waals surface area contributed by atoms with Crippen LogP contribution in [0, 0.1) is 5.92 Å². The highest BCUT2D eigenvalue weighted by Crippen LogP contribution is 2.35. The van der Waals surface area contributed by atoms with Crippen molar-refractivity contribution in [2.24, 2.45) is 5.92 Å². The smallest absolute Gasteiger partial charge is 0.0897 e. The van der Waals surface area contributed by atoms with E-state index in [9.17, 15) is 5.11 Å². The number of aliphatic hydroxyl groups is 2. The first-order valence-electron chi connectivity index (χ1n) is 5.84. The van der Waals surface area contributed by atoms with Gasteiger partial charge in [0.2, 0.25) is 0 Å². The minimum Gasteiger partial charge on any atom is -0.394 e. The molecular formula is C11H21NO2. The molecule has 1 aliphatic heterocycles. The molecule has 1 heterocycles. The summed E-state index contributed by atoms with van der Waals surface area (Å²) in [6, 6.07) is 0.699. The fourth-order valence-corrected chi connectivity index (χ4v) is 3.06. The van der Waals surface area contributed by atoms with Crippen LogP contribution in [-0.4, -0.2) is 47.0 Å². The number of nitrogens with zero attached hydrogens (tertiary/aromatic N) is 1. The van der Waals surface area contributed by atoms with Crippen LogP contribution in [0.5, 0.6) is 0 Å². The van der Waals surface area contributed by atoms with Crippen LogP contribution in [0.25, 0.3) is 0 Å². The maximum Gasteiger partial charge on any atom is 0.0897 e. The number of aliphatic hydroxyl groups excluding tert-OH is 2. The molecule has 1 saturated heterocycles. The monoisotopic (exact) mass is 199 g/mol. The number of hydrogen-bond donors (Lipinski definition) is 2. The van der Waals surface area contributed by atoms with Crippen molar-refractivity contribution in [2.75, 3.05) is 19.7 Å². The fourth-order valence-electron chi connectivity index (χ4n) is 3.06. The van der Waals surface area contributed by atoms with E-state index >= 15 is 0 Å². The third-order valence-corrected chi connectivity index (χ3v) is 3.78. The van der Waals surface area contributed by atoms with Gasteiger partial charge >= 0.3 is 0 Å². The largest absolute Gasteiger partial charge is 0.394 e. The summed E-state index contributed by atoms with van der Waals surface area (Å²) in [6.07, 6.45) is 6.14. The predicted molar refractivity (Wildman–Crippen MR) is 55.0 cm³/mol. The summed E-state index contributed by atoms with van der Waals surface area (Å²) in [7, 11) is 0. The Kier molecular flexibility index (Phi) is 3.42. The number of hydrogen-bond acceptors (Lipinski definition) is 3. The van der Waals surface area contributed by atoms with Gasteiger partial charge in [-0.15, -0.1) is 0 Å². The quantitative estimate of drug-likeness (QED) is 0.699. The van der Waals surface area contributed by atoms with Gasteiger partial charge in [-0.25, -0.2) is 0 Å². The van der Waals surface area contributed by atoms with Crippen molar-refractivity contribution in [3.63, 3.8) is 0 Å². The summed E-state index contributed by atoms with van der Waals surface area (Å²) in [6.45, 7) is 1.68. The normalized spacial score (nSPS) is 35.6. The van der Waals surface area contributed by atoms with Crippen molar-refractivity contribution in [1.29, 1.82) is 0 Å². The van der Waals surface area contributed by atoms with E-state index in [4.69, 9.17) is 5.11 Å². The average molecular weight is 199 g/mol. The molecule has 0 amide bonds. The van der Waals surface area contributed by atoms with Gasteiger partial charge in [0, 0.05) is 12.6 Å². The van der Waals surface area contributed by atoms with Crippen molar-refractivity contribution < 1.29 is 10.2 Å². The first kappa shape index (κ1) is 10.4. The molecule has 1 saturated carbocycles. The Hall–Kier alpha value is -0.120. The van der Waals surface area contributed by atoms with Gasteiger partial charge in [0.25, 0.3) is 0 Å². The Balaban J connectivity index is 1.87. The zero-order valence-corrected chi connectivity index (χ0v) is 8.73. The molecule has 0 radical (unpaired) electrons. The third kappa shape index (κ3) is 2.10. The lowest BCUT2D eigenvalue weighted by atomic mass is 9.85. The maximum absolute atomic E-state index is 9.42. The molecule has 2 rings (SSSR count). The van der Waals surface area contributed by atoms with Crippen molar-refractivity contribution in [3.05, 3.63) is 0 Å². The topological polar surface area (TPSA) is 43.7 Å². The molecule has 2 aliphatic rings. The van der Waals surface area contributed by atoms with Gasteiger partial charge in [-0.05, 0) is 31.7 Å². The molecule has 0 aromatic rings. The Labute approximate surface area is 85.7 Å². The van der Waals surface area contributed by atoms with E-state index in [1.807, 2.05) is 0 Å². The Morgan fingerprint density at radius 3 is 2.79 bits per heavy atom. The maximum atomic E-state index is 9.42. The number of likely N-dealkylation sites (tertiary alicyclic amines) is 1. The van der Waals surface area contributed by atoms with E-state index in [0.717, 1.165) is 12.5 Å². The van der Waals surface area contributed by atoms with Crippen LogP contribution in [0.2, 0.25) is 0 Å². The predicted octanol–water partition coefficient (Wildman–Crippen LogP) is 0.604. The highest BCUT2D eigenvalue weighted by atomic mass is 16.3. The van der Waals surface area contributed by atoms with E-state index in [-0.39, 0.29) is 6.61 Å². The highest BCUT2D eigenvalue weighted by Gasteiger charge is 2.35. The SMILES string of the molecule is OCC(O)CN1CCC2CCCCC21. The van der Waals surface area contributed by atoms with Gasteiger partial charge < -0.3 is 10.2 Å². The van der Waals surface area contributed by atoms with Crippen LogP contribution in [0.4, 0.5) is 0 Å². The molecule has 2 fully saturated rings. The first-order chi connectivity index (χ1) is 6.81. The molecule has 2 N–H and O–H groups in total. The molecule has 14 heavy (non-hydrogen) atoms. The van der Waals surface area contributed by atoms with E-state index in [1.54, 1.807) is 0 Å². The zero-order valence-electron chi connectivity index (χ0n) is 8.73. The van der Waals surface area contributed by atoms with Crippen LogP contribution in [0.3, 0.4) is 0 Å². The summed E-state index contributed by atoms with van der Waals surface area (Å²) < 4.78 is 0. The molecule has 3 unspecified atom stereocenters. The molecular weight excluding hydrogens is 178 g/mol. The molecule has 0 aromatic carbocycles. The summed E-state index contributed by atoms with van der Waals surface area (Å²) in [5, 5.41) is 18.2. The minimum absolute atomic E-state index is 0.103. The molecule has 82 valence electrons. The van der Waals surface area contributed by atoms with Gasteiger partial charge in [0.05, 0.1) is 12.7 Å². The van der Waals surface area contributed by atoms with Gasteiger partial charge in [0.1, 0.15) is 0 Å². The standard InChI is InChI=1S/C11H21NO2/c13-8-10(14)7-12-6-5-9-3-1-2-4-11(9)12/h9-11,13-14H,1-8H2. The number of rotatable bonds is 3. The van der Waals surface area contributed by atoms with Gasteiger partial charge in [0.15, 0.2) is 0 Å². The highest BCUT2D eigenvalue weighted by molar-refractivity contribution is 4.90. The molecule has 3 atom stereocenters. The van der Waals surface area contributed by atoms with E-state index in [1.165, 1.54) is 32.1 Å². The lowest BCUT2D eigenvalue weighted by molar-refractivity contribution is 0.0473. The lowest BCUT2D eigenvalue weighted by Gasteiger charge is -2.32. The second kappa shape index (κ2) is 4.60. The van der Waals surface area contributed by atoms with E-state index in [0.29, 0.717) is 12.6 Å². The minimum atomic E-state index is -0.546. The number of β-amino-alcohol motifs (C(OH)–C–C–N with tert-alkyl or cyclic N) is 1. The van der Waals surface area contributed by atoms with Crippen LogP contribution >= 0.6 is 0 Å². The summed E-state index contributed by atoms with van der Waals surface area (Å²) >= 11 is 0. The fraction of sp³-hybridized carbons (Fsp3) is 1.00. The van der Waals surface area contributed by atoms with Crippen molar-refractivity contribution in [3.8, 4) is 0 Å². The van der Waals surface area contributed by atoms with Gasteiger partial charge in [-0.1, -0.05) is 12.8 Å². The van der Waals surface area contributed by atoms with E-state index in [2.05, 4.69) is 4.90 Å². The van der Waals surface area contributed by atoms with Crippen LogP contribution < -0.4 is 0 Å². The Morgan fingerprint density at radius 1 is 1.21 bits per heavy atom. The zero-order chi connectivity index (χ0) is 9.97. The summed E-state index contributed by atoms with van der Waals surface area (Å²) in [4.78, 5) is 2.38. The average Bonchev–Trinajstić information content (AvgIpc) is 2.62. The van der Waals surface area contributed by atoms with Crippen LogP contribution in [-0.2, 0) is 0 Å². The molecule has 3 heteroatoms. The van der Waals surface area contributed by atoms with Gasteiger partial charge in [-0.2, -0.15) is 0 Å². The second-order valence-corrected chi connectivity index (χ2v) is 4.73. The third-order valence-electron chi connectivity index (χ3n) is 3.78. The van der Waals surface area contributed by atoms with Gasteiger partial charge in [-0.3, -0.25) is 4.90 Å². The lowest BCUT2D eigenvalue weighted by Crippen LogP contribution is -2.40. The summed E-state index contributed by atoms with van der Waals surface area (Å²) in [5.41, 5.74) is 0. The second-order valence-electron chi connectivity index (χ2n) is 4.73. The molecule has 0 bridgehead atoms. The van der Waals surface area contributed by atoms with Crippen molar-refractivity contribution in [2.45, 2.75) is 44.2 Å². The molecule has 0 aromatic heterocycles. The number of fused-ring (bicyclic) bond motifs is 1. The molecule has 1 aliphatic carbocycles. The van der Waals surface area contributed by atoms with Crippen LogP contribution in [0.1, 0.15) is 32.1 Å². The first-order valence-corrected chi connectivity index (χ1v) is 5.84.